The van der Waals surface area contributed by atoms with E-state index < -0.39 is 17.6 Å². The first-order valence-electron chi connectivity index (χ1n) is 10.3. The number of hydrogen-bond donors (Lipinski definition) is 0. The Hall–Kier alpha value is -2.35. The van der Waals surface area contributed by atoms with Gasteiger partial charge in [-0.25, -0.2) is 4.79 Å². The maximum absolute atomic E-state index is 12.5. The van der Waals surface area contributed by atoms with E-state index in [1.165, 1.54) is 12.0 Å². The van der Waals surface area contributed by atoms with Crippen LogP contribution in [-0.2, 0) is 19.1 Å². The molecule has 0 spiro atoms. The molecule has 0 radical (unpaired) electrons. The van der Waals surface area contributed by atoms with Gasteiger partial charge >= 0.3 is 5.97 Å². The number of ether oxygens (including phenoxy) is 2. The molecule has 0 saturated carbocycles. The van der Waals surface area contributed by atoms with E-state index in [0.717, 1.165) is 24.4 Å². The summed E-state index contributed by atoms with van der Waals surface area (Å²) in [4.78, 5) is 21.8. The van der Waals surface area contributed by atoms with Gasteiger partial charge in [-0.3, -0.25) is 4.90 Å². The zero-order valence-electron chi connectivity index (χ0n) is 18.5. The van der Waals surface area contributed by atoms with Crippen LogP contribution < -0.4 is 0 Å². The number of carbonyl (C=O) groups excluding carboxylic acids is 1. The molecule has 6 nitrogen and oxygen atoms in total. The minimum atomic E-state index is -0.938. The van der Waals surface area contributed by atoms with E-state index in [1.807, 2.05) is 48.7 Å². The van der Waals surface area contributed by atoms with Crippen molar-refractivity contribution in [2.75, 3.05) is 39.7 Å². The van der Waals surface area contributed by atoms with Gasteiger partial charge in [0.15, 0.2) is 0 Å². The van der Waals surface area contributed by atoms with E-state index in [-0.39, 0.29) is 0 Å². The second-order valence-electron chi connectivity index (χ2n) is 7.75. The first-order valence-corrected chi connectivity index (χ1v) is 11.5. The van der Waals surface area contributed by atoms with Crippen LogP contribution in [0.25, 0.3) is 0 Å². The summed E-state index contributed by atoms with van der Waals surface area (Å²) in [6.45, 7) is 7.20. The number of benzene rings is 2. The molecule has 1 heterocycles. The summed E-state index contributed by atoms with van der Waals surface area (Å²) >= 11 is 1.69. The Morgan fingerprint density at radius 2 is 1.74 bits per heavy atom. The van der Waals surface area contributed by atoms with Gasteiger partial charge in [0.05, 0.1) is 25.9 Å². The summed E-state index contributed by atoms with van der Waals surface area (Å²) in [6, 6.07) is 17.5. The van der Waals surface area contributed by atoms with Crippen LogP contribution in [0.3, 0.4) is 0 Å². The summed E-state index contributed by atoms with van der Waals surface area (Å²) in [6.07, 6.45) is 1.11. The van der Waals surface area contributed by atoms with E-state index in [4.69, 9.17) is 14.3 Å². The molecule has 7 heteroatoms. The van der Waals surface area contributed by atoms with Crippen molar-refractivity contribution in [1.82, 2.24) is 4.90 Å². The van der Waals surface area contributed by atoms with Gasteiger partial charge in [-0.2, -0.15) is 0 Å². The molecule has 1 unspecified atom stereocenters. The van der Waals surface area contributed by atoms with Crippen LogP contribution >= 0.6 is 11.8 Å². The second kappa shape index (κ2) is 10.8. The molecule has 2 aromatic rings. The van der Waals surface area contributed by atoms with E-state index >= 15 is 0 Å². The highest BCUT2D eigenvalue weighted by atomic mass is 32.2. The second-order valence-corrected chi connectivity index (χ2v) is 8.63. The van der Waals surface area contributed by atoms with Gasteiger partial charge < -0.3 is 14.3 Å². The number of oxime groups is 1. The van der Waals surface area contributed by atoms with Crippen LogP contribution in [0, 0.1) is 0 Å². The van der Waals surface area contributed by atoms with Crippen molar-refractivity contribution in [2.45, 2.75) is 30.4 Å². The fraction of sp³-hybridized carbons (Fsp3) is 0.417. The Labute approximate surface area is 188 Å². The lowest BCUT2D eigenvalue weighted by Gasteiger charge is -2.41. The predicted molar refractivity (Wildman–Crippen MR) is 124 cm³/mol. The molecule has 1 aliphatic heterocycles. The van der Waals surface area contributed by atoms with Gasteiger partial charge in [-0.1, -0.05) is 47.6 Å². The quantitative estimate of drug-likeness (QED) is 0.265. The van der Waals surface area contributed by atoms with Gasteiger partial charge in [0, 0.05) is 29.1 Å². The van der Waals surface area contributed by atoms with Crippen molar-refractivity contribution in [1.29, 1.82) is 0 Å². The summed E-state index contributed by atoms with van der Waals surface area (Å²) < 4.78 is 10.5. The molecule has 0 aromatic heterocycles. The third-order valence-corrected chi connectivity index (χ3v) is 6.26. The third kappa shape index (κ3) is 5.67. The van der Waals surface area contributed by atoms with Crippen LogP contribution in [0.5, 0.6) is 0 Å². The van der Waals surface area contributed by atoms with Gasteiger partial charge in [-0.05, 0) is 32.2 Å². The van der Waals surface area contributed by atoms with Crippen LogP contribution in [0.1, 0.15) is 31.1 Å². The molecule has 2 aromatic carbocycles. The number of carbonyl (C=O) groups is 1. The highest BCUT2D eigenvalue weighted by Crippen LogP contribution is 2.27. The first kappa shape index (κ1) is 23.3. The van der Waals surface area contributed by atoms with Crippen molar-refractivity contribution in [3.8, 4) is 0 Å². The highest BCUT2D eigenvalue weighted by molar-refractivity contribution is 7.98. The number of esters is 1. The number of hydrogen-bond acceptors (Lipinski definition) is 7. The van der Waals surface area contributed by atoms with Crippen LogP contribution in [0.4, 0.5) is 0 Å². The molecule has 0 amide bonds. The fourth-order valence-corrected chi connectivity index (χ4v) is 4.03. The largest absolute Gasteiger partial charge is 0.466 e. The first-order chi connectivity index (χ1) is 15.0. The predicted octanol–water partition coefficient (Wildman–Crippen LogP) is 4.15. The number of thioether (sulfide) groups is 1. The molecule has 3 rings (SSSR count). The average Bonchev–Trinajstić information content (AvgIpc) is 2.82. The number of morpholine rings is 1. The standard InChI is InChI=1S/C24H30N2O4S/c1-24(2,26-14-16-29-17-15-26)22(19-10-12-20(31-4)13-11-19)25-30-21(23(27)28-3)18-8-6-5-7-9-18/h5-13,21H,14-17H2,1-4H3. The fourth-order valence-electron chi connectivity index (χ4n) is 3.62. The lowest BCUT2D eigenvalue weighted by atomic mass is 9.90. The van der Waals surface area contributed by atoms with Gasteiger partial charge in [0.25, 0.3) is 0 Å². The summed E-state index contributed by atoms with van der Waals surface area (Å²) in [5.41, 5.74) is 1.97. The van der Waals surface area contributed by atoms with Gasteiger partial charge in [0.1, 0.15) is 5.71 Å². The van der Waals surface area contributed by atoms with E-state index in [9.17, 15) is 4.79 Å². The maximum atomic E-state index is 12.5. The Morgan fingerprint density at radius 1 is 1.10 bits per heavy atom. The van der Waals surface area contributed by atoms with E-state index in [2.05, 4.69) is 36.0 Å². The van der Waals surface area contributed by atoms with Crippen molar-refractivity contribution >= 4 is 23.4 Å². The number of nitrogens with zero attached hydrogens (tertiary/aromatic N) is 2. The van der Waals surface area contributed by atoms with Crippen molar-refractivity contribution in [2.24, 2.45) is 5.16 Å². The molecule has 1 saturated heterocycles. The summed E-state index contributed by atoms with van der Waals surface area (Å²) in [5.74, 6) is -0.490. The Balaban J connectivity index is 1.99. The molecule has 1 fully saturated rings. The molecule has 0 bridgehead atoms. The monoisotopic (exact) mass is 442 g/mol. The normalized spacial score (nSPS) is 16.6. The molecule has 166 valence electrons. The van der Waals surface area contributed by atoms with Gasteiger partial charge in [0.2, 0.25) is 6.10 Å². The molecule has 0 aliphatic carbocycles. The Morgan fingerprint density at radius 3 is 2.32 bits per heavy atom. The Kier molecular flexibility index (Phi) is 8.12. The third-order valence-electron chi connectivity index (χ3n) is 5.51. The Bertz CT molecular complexity index is 878. The smallest absolute Gasteiger partial charge is 0.354 e. The molecule has 0 N–H and O–H groups in total. The van der Waals surface area contributed by atoms with Crippen molar-refractivity contribution in [3.63, 3.8) is 0 Å². The lowest BCUT2D eigenvalue weighted by molar-refractivity contribution is -0.154. The minimum absolute atomic E-state index is 0.429. The van der Waals surface area contributed by atoms with Gasteiger partial charge in [-0.15, -0.1) is 11.8 Å². The lowest BCUT2D eigenvalue weighted by Crippen LogP contribution is -2.54. The van der Waals surface area contributed by atoms with E-state index in [1.54, 1.807) is 11.8 Å². The number of methoxy groups -OCH3 is 1. The topological polar surface area (TPSA) is 60.4 Å². The van der Waals surface area contributed by atoms with Crippen LogP contribution in [0.15, 0.2) is 64.6 Å². The molecule has 1 atom stereocenters. The molecule has 31 heavy (non-hydrogen) atoms. The van der Waals surface area contributed by atoms with Crippen molar-refractivity contribution in [3.05, 3.63) is 65.7 Å². The average molecular weight is 443 g/mol. The molecular weight excluding hydrogens is 412 g/mol. The van der Waals surface area contributed by atoms with Crippen molar-refractivity contribution < 1.29 is 19.1 Å². The summed E-state index contributed by atoms with van der Waals surface area (Å²) in [5, 5.41) is 4.57. The zero-order valence-corrected chi connectivity index (χ0v) is 19.4. The number of rotatable bonds is 8. The van der Waals surface area contributed by atoms with Crippen LogP contribution in [-0.4, -0.2) is 61.8 Å². The minimum Gasteiger partial charge on any atom is -0.466 e. The molecule has 1 aliphatic rings. The van der Waals surface area contributed by atoms with E-state index in [0.29, 0.717) is 18.8 Å². The van der Waals surface area contributed by atoms with Crippen LogP contribution in [0.2, 0.25) is 0 Å². The molecular formula is C24H30N2O4S. The summed E-state index contributed by atoms with van der Waals surface area (Å²) in [7, 11) is 1.35. The maximum Gasteiger partial charge on any atom is 0.354 e. The highest BCUT2D eigenvalue weighted by Gasteiger charge is 2.35. The SMILES string of the molecule is COC(=O)C(ON=C(c1ccc(SC)cc1)C(C)(C)N1CCOCC1)c1ccccc1. The zero-order chi connectivity index (χ0) is 22.3.